The molecule has 8 nitrogen and oxygen atoms in total. The summed E-state index contributed by atoms with van der Waals surface area (Å²) >= 11 is 0. The highest BCUT2D eigenvalue weighted by Gasteiger charge is 2.75. The van der Waals surface area contributed by atoms with Crippen molar-refractivity contribution in [2.75, 3.05) is 0 Å². The van der Waals surface area contributed by atoms with Crippen molar-refractivity contribution in [1.82, 2.24) is 0 Å². The summed E-state index contributed by atoms with van der Waals surface area (Å²) in [6, 6.07) is 3.59. The van der Waals surface area contributed by atoms with E-state index in [-0.39, 0.29) is 35.0 Å². The van der Waals surface area contributed by atoms with Gasteiger partial charge in [0.15, 0.2) is 17.2 Å². The third-order valence-corrected chi connectivity index (χ3v) is 11.6. The Labute approximate surface area is 260 Å². The zero-order valence-electron chi connectivity index (χ0n) is 27.5. The molecule has 3 aliphatic rings. The smallest absolute Gasteiger partial charge is 0.203 e. The number of aliphatic hydroxyl groups excluding tert-OH is 2. The highest BCUT2D eigenvalue weighted by Crippen LogP contribution is 2.70. The minimum Gasteiger partial charge on any atom is -0.508 e. The highest BCUT2D eigenvalue weighted by molar-refractivity contribution is 6.24. The Balaban J connectivity index is 2.01. The van der Waals surface area contributed by atoms with E-state index >= 15 is 0 Å². The summed E-state index contributed by atoms with van der Waals surface area (Å²) in [6.45, 7) is 15.7. The molecular formula is C36H48O8. The Morgan fingerprint density at radius 3 is 2.14 bits per heavy atom. The monoisotopic (exact) mass is 608 g/mol. The number of benzene rings is 1. The van der Waals surface area contributed by atoms with Gasteiger partial charge in [0.2, 0.25) is 5.78 Å². The van der Waals surface area contributed by atoms with Crippen LogP contribution in [-0.2, 0) is 25.6 Å². The minimum atomic E-state index is -2.68. The number of hydrogen-bond donors (Lipinski definition) is 4. The van der Waals surface area contributed by atoms with Gasteiger partial charge in [0.05, 0.1) is 5.56 Å². The standard InChI is InChI=1S/C36H48O8/c1-10-12-21(24(38)13-11-2)16-22-14-15-23-18(5)34(8)20(7)35(9)27(17(3)4)30(40)25(19(6)37)32(42)36(35,44)33(43)28(34)31(41)26(23)29(22)39/h14-15,17-18,20-21,27,39,41-42,44H,10-13,16H2,1-9H3/t18-,20-,21?,27?,34-,35-,36+/m1/s1. The predicted molar refractivity (Wildman–Crippen MR) is 167 cm³/mol. The first-order chi connectivity index (χ1) is 20.4. The summed E-state index contributed by atoms with van der Waals surface area (Å²) in [5.41, 5.74) is -4.97. The molecule has 0 radical (unpaired) electrons. The van der Waals surface area contributed by atoms with E-state index in [9.17, 15) is 39.6 Å². The Bertz CT molecular complexity index is 1500. The molecule has 1 fully saturated rings. The van der Waals surface area contributed by atoms with Crippen molar-refractivity contribution in [1.29, 1.82) is 0 Å². The largest absolute Gasteiger partial charge is 0.508 e. The molecule has 44 heavy (non-hydrogen) atoms. The van der Waals surface area contributed by atoms with Gasteiger partial charge in [0, 0.05) is 34.7 Å². The molecule has 0 saturated heterocycles. The zero-order chi connectivity index (χ0) is 33.3. The van der Waals surface area contributed by atoms with Crippen molar-refractivity contribution in [3.05, 3.63) is 45.7 Å². The molecule has 8 heteroatoms. The van der Waals surface area contributed by atoms with Crippen LogP contribution in [0.4, 0.5) is 0 Å². The SMILES string of the molecule is CCCC(=O)C(CCC)Cc1ccc2c(c1O)C(O)=C1C(=O)[C@@]3(O)C(O)=C(C(C)=O)C(=O)C(C(C)C)[C@@]3(C)[C@H](C)[C@@]1(C)[C@@H]2C. The van der Waals surface area contributed by atoms with E-state index in [2.05, 4.69) is 0 Å². The number of carbonyl (C=O) groups is 4. The fraction of sp³-hybridized carbons (Fsp3) is 0.611. The van der Waals surface area contributed by atoms with E-state index in [1.807, 2.05) is 40.7 Å². The Morgan fingerprint density at radius 2 is 1.61 bits per heavy atom. The van der Waals surface area contributed by atoms with Crippen LogP contribution in [0.25, 0.3) is 5.76 Å². The van der Waals surface area contributed by atoms with Gasteiger partial charge in [-0.3, -0.25) is 19.2 Å². The number of phenols is 1. The van der Waals surface area contributed by atoms with Crippen molar-refractivity contribution in [2.45, 2.75) is 106 Å². The molecule has 0 spiro atoms. The van der Waals surface area contributed by atoms with Crippen LogP contribution in [-0.4, -0.2) is 49.2 Å². The molecule has 2 unspecified atom stereocenters. The fourth-order valence-corrected chi connectivity index (χ4v) is 9.01. The molecule has 1 saturated carbocycles. The minimum absolute atomic E-state index is 0.0657. The zero-order valence-corrected chi connectivity index (χ0v) is 27.5. The molecule has 0 heterocycles. The van der Waals surface area contributed by atoms with Crippen LogP contribution in [0.5, 0.6) is 5.75 Å². The number of rotatable bonds is 9. The lowest BCUT2D eigenvalue weighted by Crippen LogP contribution is -2.72. The summed E-state index contributed by atoms with van der Waals surface area (Å²) in [5.74, 6) is -6.79. The maximum absolute atomic E-state index is 14.7. The van der Waals surface area contributed by atoms with E-state index in [0.29, 0.717) is 24.0 Å². The molecule has 0 aliphatic heterocycles. The first-order valence-electron chi connectivity index (χ1n) is 16.0. The summed E-state index contributed by atoms with van der Waals surface area (Å²) in [6.07, 6.45) is 2.87. The summed E-state index contributed by atoms with van der Waals surface area (Å²) < 4.78 is 0. The Kier molecular flexibility index (Phi) is 8.62. The average Bonchev–Trinajstić information content (AvgIpc) is 2.94. The van der Waals surface area contributed by atoms with Crippen molar-refractivity contribution >= 4 is 28.9 Å². The lowest BCUT2D eigenvalue weighted by molar-refractivity contribution is -0.195. The van der Waals surface area contributed by atoms with Gasteiger partial charge in [-0.25, -0.2) is 0 Å². The summed E-state index contributed by atoms with van der Waals surface area (Å²) in [5, 5.41) is 47.4. The van der Waals surface area contributed by atoms with Crippen LogP contribution < -0.4 is 0 Å². The first kappa shape index (κ1) is 33.6. The number of carbonyl (C=O) groups excluding carboxylic acids is 4. The highest BCUT2D eigenvalue weighted by atomic mass is 16.3. The van der Waals surface area contributed by atoms with E-state index in [1.165, 1.54) is 0 Å². The van der Waals surface area contributed by atoms with Gasteiger partial charge in [0.25, 0.3) is 0 Å². The number of allylic oxidation sites excluding steroid dienone is 1. The maximum atomic E-state index is 14.7. The van der Waals surface area contributed by atoms with Gasteiger partial charge in [-0.05, 0) is 55.1 Å². The maximum Gasteiger partial charge on any atom is 0.203 e. The topological polar surface area (TPSA) is 149 Å². The van der Waals surface area contributed by atoms with Gasteiger partial charge >= 0.3 is 0 Å². The second-order valence-corrected chi connectivity index (χ2v) is 14.1. The van der Waals surface area contributed by atoms with Gasteiger partial charge in [0.1, 0.15) is 28.6 Å². The quantitative estimate of drug-likeness (QED) is 0.238. The van der Waals surface area contributed by atoms with Crippen molar-refractivity contribution in [2.24, 2.45) is 34.5 Å². The third kappa shape index (κ3) is 4.19. The number of fused-ring (bicyclic) bond motifs is 3. The number of ketones is 4. The normalized spacial score (nSPS) is 32.4. The summed E-state index contributed by atoms with van der Waals surface area (Å²) in [7, 11) is 0. The lowest BCUT2D eigenvalue weighted by Gasteiger charge is -2.64. The summed E-state index contributed by atoms with van der Waals surface area (Å²) in [4.78, 5) is 54.0. The van der Waals surface area contributed by atoms with Crippen LogP contribution in [0.2, 0.25) is 0 Å². The molecule has 0 amide bonds. The molecule has 4 N–H and O–H groups in total. The van der Waals surface area contributed by atoms with Gasteiger partial charge in [-0.15, -0.1) is 0 Å². The van der Waals surface area contributed by atoms with Crippen molar-refractivity contribution < 1.29 is 39.6 Å². The number of Topliss-reactive ketones (excluding diaryl/α,β-unsaturated/α-hetero) is 4. The number of aliphatic hydroxyl groups is 3. The van der Waals surface area contributed by atoms with Crippen LogP contribution in [0.3, 0.4) is 0 Å². The van der Waals surface area contributed by atoms with Crippen LogP contribution in [0, 0.1) is 34.5 Å². The molecule has 0 bridgehead atoms. The predicted octanol–water partition coefficient (Wildman–Crippen LogP) is 6.32. The van der Waals surface area contributed by atoms with Crippen molar-refractivity contribution in [3.63, 3.8) is 0 Å². The fourth-order valence-electron chi connectivity index (χ4n) is 9.01. The number of aromatic hydroxyl groups is 1. The van der Waals surface area contributed by atoms with Gasteiger partial charge in [-0.2, -0.15) is 0 Å². The van der Waals surface area contributed by atoms with Crippen LogP contribution >= 0.6 is 0 Å². The Morgan fingerprint density at radius 1 is 1.00 bits per heavy atom. The molecule has 4 rings (SSSR count). The number of hydrogen-bond acceptors (Lipinski definition) is 8. The lowest BCUT2D eigenvalue weighted by atomic mass is 9.38. The molecule has 1 aromatic carbocycles. The van der Waals surface area contributed by atoms with E-state index in [1.54, 1.807) is 26.8 Å². The second-order valence-electron chi connectivity index (χ2n) is 14.1. The second kappa shape index (κ2) is 11.3. The van der Waals surface area contributed by atoms with Gasteiger partial charge < -0.3 is 20.4 Å². The molecular weight excluding hydrogens is 560 g/mol. The Hall–Kier alpha value is -3.26. The van der Waals surface area contributed by atoms with E-state index < -0.39 is 74.5 Å². The van der Waals surface area contributed by atoms with E-state index in [4.69, 9.17) is 0 Å². The molecule has 0 aromatic heterocycles. The molecule has 3 aliphatic carbocycles. The number of phenolic OH excluding ortho intramolecular Hbond substituents is 1. The van der Waals surface area contributed by atoms with Crippen molar-refractivity contribution in [3.8, 4) is 5.75 Å². The third-order valence-electron chi connectivity index (χ3n) is 11.6. The molecule has 7 atom stereocenters. The van der Waals surface area contributed by atoms with Crippen LogP contribution in [0.1, 0.15) is 111 Å². The molecule has 240 valence electrons. The first-order valence-corrected chi connectivity index (χ1v) is 16.0. The molecule has 1 aromatic rings. The van der Waals surface area contributed by atoms with E-state index in [0.717, 1.165) is 19.8 Å². The van der Waals surface area contributed by atoms with Gasteiger partial charge in [-0.1, -0.05) is 73.9 Å². The average molecular weight is 609 g/mol. The van der Waals surface area contributed by atoms with Crippen LogP contribution in [0.15, 0.2) is 29.0 Å².